The molecule has 3 aromatic rings. The normalized spacial score (nSPS) is 19.3. The Kier molecular flexibility index (Phi) is 9.54. The standard InChI is InChI=1S/C34H41N5O3/c1-3-4-20-30-33(41)37(22-21-29(27-16-10-6-11-17-27)28-18-12-7-13-19-28)24-31-38(30)32(40)25-36(2)39(31)34(42)35-23-26-14-8-5-9-15-26/h5-19,29-31H,3-4,20-25H2,1-2H3,(H,35,42)/t30-,31-/m0/s1. The molecule has 2 fully saturated rings. The van der Waals surface area contributed by atoms with Gasteiger partial charge in [-0.1, -0.05) is 111 Å². The quantitative estimate of drug-likeness (QED) is 0.381. The number of urea groups is 1. The number of nitrogens with one attached hydrogen (secondary N) is 1. The fourth-order valence-electron chi connectivity index (χ4n) is 6.22. The van der Waals surface area contributed by atoms with Gasteiger partial charge in [0.05, 0.1) is 13.1 Å². The van der Waals surface area contributed by atoms with Crippen LogP contribution in [0.25, 0.3) is 0 Å². The molecule has 2 aliphatic heterocycles. The second-order valence-corrected chi connectivity index (χ2v) is 11.2. The number of hydrogen-bond donors (Lipinski definition) is 1. The summed E-state index contributed by atoms with van der Waals surface area (Å²) in [5.41, 5.74) is 3.39. The van der Waals surface area contributed by atoms with Crippen molar-refractivity contribution in [3.05, 3.63) is 108 Å². The molecule has 5 rings (SSSR count). The van der Waals surface area contributed by atoms with Crippen molar-refractivity contribution in [1.29, 1.82) is 0 Å². The number of amides is 4. The summed E-state index contributed by atoms with van der Waals surface area (Å²) >= 11 is 0. The van der Waals surface area contributed by atoms with Crippen LogP contribution in [-0.2, 0) is 16.1 Å². The van der Waals surface area contributed by atoms with E-state index in [1.807, 2.05) is 71.6 Å². The Bertz CT molecular complexity index is 1300. The number of likely N-dealkylation sites (N-methyl/N-ethyl adjacent to an activating group) is 1. The number of hydrogen-bond acceptors (Lipinski definition) is 4. The van der Waals surface area contributed by atoms with Crippen molar-refractivity contribution in [2.24, 2.45) is 0 Å². The summed E-state index contributed by atoms with van der Waals surface area (Å²) in [6.07, 6.45) is 2.49. The number of unbranched alkanes of at least 4 members (excludes halogenated alkanes) is 1. The highest BCUT2D eigenvalue weighted by Crippen LogP contribution is 2.32. The van der Waals surface area contributed by atoms with Crippen molar-refractivity contribution in [3.63, 3.8) is 0 Å². The van der Waals surface area contributed by atoms with Gasteiger partial charge in [0.15, 0.2) is 0 Å². The van der Waals surface area contributed by atoms with Gasteiger partial charge in [-0.25, -0.2) is 14.8 Å². The lowest BCUT2D eigenvalue weighted by atomic mass is 9.88. The predicted octanol–water partition coefficient (Wildman–Crippen LogP) is 4.84. The van der Waals surface area contributed by atoms with Gasteiger partial charge in [-0.05, 0) is 29.5 Å². The summed E-state index contributed by atoms with van der Waals surface area (Å²) in [6, 6.07) is 29.6. The molecule has 0 bridgehead atoms. The first-order valence-electron chi connectivity index (χ1n) is 15.0. The van der Waals surface area contributed by atoms with Crippen LogP contribution in [-0.4, -0.2) is 76.6 Å². The van der Waals surface area contributed by atoms with Gasteiger partial charge in [-0.3, -0.25) is 9.59 Å². The van der Waals surface area contributed by atoms with Gasteiger partial charge in [0.2, 0.25) is 11.8 Å². The zero-order valence-corrected chi connectivity index (χ0v) is 24.6. The molecule has 4 amide bonds. The van der Waals surface area contributed by atoms with E-state index in [0.717, 1.165) is 24.8 Å². The van der Waals surface area contributed by atoms with E-state index in [-0.39, 0.29) is 36.9 Å². The van der Waals surface area contributed by atoms with Crippen molar-refractivity contribution >= 4 is 17.8 Å². The predicted molar refractivity (Wildman–Crippen MR) is 163 cm³/mol. The molecule has 2 heterocycles. The van der Waals surface area contributed by atoms with Gasteiger partial charge >= 0.3 is 6.03 Å². The largest absolute Gasteiger partial charge is 0.337 e. The third kappa shape index (κ3) is 6.49. The molecule has 0 aliphatic carbocycles. The van der Waals surface area contributed by atoms with E-state index >= 15 is 0 Å². The van der Waals surface area contributed by atoms with E-state index in [2.05, 4.69) is 36.5 Å². The summed E-state index contributed by atoms with van der Waals surface area (Å²) in [5.74, 6) is -0.0227. The van der Waals surface area contributed by atoms with Crippen LogP contribution in [0.15, 0.2) is 91.0 Å². The number of rotatable bonds is 10. The fourth-order valence-corrected chi connectivity index (χ4v) is 6.22. The molecule has 2 aliphatic rings. The number of benzene rings is 3. The maximum Gasteiger partial charge on any atom is 0.334 e. The molecule has 0 radical (unpaired) electrons. The van der Waals surface area contributed by atoms with E-state index in [0.29, 0.717) is 19.5 Å². The lowest BCUT2D eigenvalue weighted by Crippen LogP contribution is -2.76. The molecule has 2 saturated heterocycles. The smallest absolute Gasteiger partial charge is 0.334 e. The fraction of sp³-hybridized carbons (Fsp3) is 0.382. The number of piperazine rings is 1. The minimum atomic E-state index is -0.582. The molecule has 220 valence electrons. The van der Waals surface area contributed by atoms with Gasteiger partial charge in [0.1, 0.15) is 12.2 Å². The van der Waals surface area contributed by atoms with Gasteiger partial charge < -0.3 is 15.1 Å². The number of hydrazine groups is 1. The second-order valence-electron chi connectivity index (χ2n) is 11.2. The molecular formula is C34H41N5O3. The van der Waals surface area contributed by atoms with Gasteiger partial charge in [-0.2, -0.15) is 0 Å². The summed E-state index contributed by atoms with van der Waals surface area (Å²) in [4.78, 5) is 44.6. The van der Waals surface area contributed by atoms with E-state index in [9.17, 15) is 14.4 Å². The Balaban J connectivity index is 1.39. The highest BCUT2D eigenvalue weighted by atomic mass is 16.2. The molecule has 8 heteroatoms. The molecule has 42 heavy (non-hydrogen) atoms. The lowest BCUT2D eigenvalue weighted by molar-refractivity contribution is -0.187. The first-order valence-corrected chi connectivity index (χ1v) is 15.0. The number of carbonyl (C=O) groups is 3. The number of fused-ring (bicyclic) bond motifs is 1. The zero-order valence-electron chi connectivity index (χ0n) is 24.6. The van der Waals surface area contributed by atoms with Crippen LogP contribution in [0.2, 0.25) is 0 Å². The van der Waals surface area contributed by atoms with Crippen molar-refractivity contribution in [3.8, 4) is 0 Å². The lowest BCUT2D eigenvalue weighted by Gasteiger charge is -2.54. The molecular weight excluding hydrogens is 526 g/mol. The average Bonchev–Trinajstić information content (AvgIpc) is 3.01. The zero-order chi connectivity index (χ0) is 29.5. The molecule has 0 saturated carbocycles. The van der Waals surface area contributed by atoms with Crippen molar-refractivity contribution in [2.75, 3.05) is 26.7 Å². The molecule has 0 aromatic heterocycles. The molecule has 2 atom stereocenters. The van der Waals surface area contributed by atoms with Crippen LogP contribution < -0.4 is 5.32 Å². The van der Waals surface area contributed by atoms with E-state index in [1.54, 1.807) is 22.0 Å². The summed E-state index contributed by atoms with van der Waals surface area (Å²) in [6.45, 7) is 3.31. The Morgan fingerprint density at radius 3 is 2.10 bits per heavy atom. The van der Waals surface area contributed by atoms with Crippen LogP contribution in [0, 0.1) is 0 Å². The summed E-state index contributed by atoms with van der Waals surface area (Å²) in [5, 5.41) is 6.35. The number of nitrogens with zero attached hydrogens (tertiary/aromatic N) is 4. The van der Waals surface area contributed by atoms with Crippen LogP contribution >= 0.6 is 0 Å². The average molecular weight is 568 g/mol. The van der Waals surface area contributed by atoms with Crippen molar-refractivity contribution in [1.82, 2.24) is 25.1 Å². The van der Waals surface area contributed by atoms with Crippen LogP contribution in [0.3, 0.4) is 0 Å². The summed E-state index contributed by atoms with van der Waals surface area (Å²) < 4.78 is 0. The first kappa shape index (κ1) is 29.3. The molecule has 3 aromatic carbocycles. The van der Waals surface area contributed by atoms with Gasteiger partial charge in [0.25, 0.3) is 0 Å². The van der Waals surface area contributed by atoms with Gasteiger partial charge in [-0.15, -0.1) is 0 Å². The molecule has 1 N–H and O–H groups in total. The third-order valence-corrected chi connectivity index (χ3v) is 8.36. The van der Waals surface area contributed by atoms with Crippen molar-refractivity contribution in [2.45, 2.75) is 57.3 Å². The van der Waals surface area contributed by atoms with E-state index in [4.69, 9.17) is 0 Å². The van der Waals surface area contributed by atoms with Crippen molar-refractivity contribution < 1.29 is 14.4 Å². The topological polar surface area (TPSA) is 76.2 Å². The Labute approximate surface area is 248 Å². The Morgan fingerprint density at radius 1 is 0.905 bits per heavy atom. The summed E-state index contributed by atoms with van der Waals surface area (Å²) in [7, 11) is 1.76. The van der Waals surface area contributed by atoms with Crippen LogP contribution in [0.1, 0.15) is 55.2 Å². The molecule has 0 unspecified atom stereocenters. The SMILES string of the molecule is CCCC[C@H]1C(=O)N(CCC(c2ccccc2)c2ccccc2)C[C@H]2N1C(=O)CN(C)N2C(=O)NCc1ccccc1. The Morgan fingerprint density at radius 2 is 1.50 bits per heavy atom. The minimum absolute atomic E-state index is 0.0258. The van der Waals surface area contributed by atoms with Gasteiger partial charge in [0, 0.05) is 26.1 Å². The third-order valence-electron chi connectivity index (χ3n) is 8.36. The highest BCUT2D eigenvalue weighted by molar-refractivity contribution is 5.91. The van der Waals surface area contributed by atoms with Crippen LogP contribution in [0.4, 0.5) is 4.79 Å². The monoisotopic (exact) mass is 567 g/mol. The Hall–Kier alpha value is -4.17. The van der Waals surface area contributed by atoms with E-state index < -0.39 is 12.2 Å². The first-order chi connectivity index (χ1) is 20.5. The molecule has 0 spiro atoms. The minimum Gasteiger partial charge on any atom is -0.337 e. The number of carbonyl (C=O) groups excluding carboxylic acids is 3. The van der Waals surface area contributed by atoms with E-state index in [1.165, 1.54) is 11.1 Å². The second kappa shape index (κ2) is 13.7. The maximum atomic E-state index is 14.0. The van der Waals surface area contributed by atoms with Crippen LogP contribution in [0.5, 0.6) is 0 Å². The maximum absolute atomic E-state index is 14.0. The highest BCUT2D eigenvalue weighted by Gasteiger charge is 2.50. The molecule has 8 nitrogen and oxygen atoms in total.